The molecule has 3 aromatic rings. The van der Waals surface area contributed by atoms with Gasteiger partial charge in [-0.1, -0.05) is 41.9 Å². The Bertz CT molecular complexity index is 1100. The van der Waals surface area contributed by atoms with Crippen LogP contribution in [0.1, 0.15) is 38.9 Å². The van der Waals surface area contributed by atoms with E-state index in [9.17, 15) is 22.8 Å². The predicted octanol–water partition coefficient (Wildman–Crippen LogP) is 4.76. The molecule has 0 fully saturated rings. The number of carbonyl (C=O) groups is 2. The summed E-state index contributed by atoms with van der Waals surface area (Å²) < 4.78 is 40.7. The van der Waals surface area contributed by atoms with E-state index >= 15 is 0 Å². The van der Waals surface area contributed by atoms with E-state index in [0.29, 0.717) is 6.20 Å². The Morgan fingerprint density at radius 1 is 1.10 bits per heavy atom. The van der Waals surface area contributed by atoms with E-state index in [0.717, 1.165) is 10.2 Å². The number of halogens is 4. The number of nitrogens with one attached hydrogen (secondary N) is 2. The summed E-state index contributed by atoms with van der Waals surface area (Å²) in [6, 6.07) is 13.3. The molecule has 0 radical (unpaired) electrons. The summed E-state index contributed by atoms with van der Waals surface area (Å²) in [6.07, 6.45) is -4.12. The maximum Gasteiger partial charge on any atom is 0.420 e. The van der Waals surface area contributed by atoms with Gasteiger partial charge in [-0.3, -0.25) is 14.3 Å². The van der Waals surface area contributed by atoms with Crippen LogP contribution < -0.4 is 10.6 Å². The number of nitrogens with zero attached hydrogens (tertiary/aromatic N) is 2. The minimum atomic E-state index is -4.73. The second kappa shape index (κ2) is 9.22. The zero-order valence-electron chi connectivity index (χ0n) is 16.3. The van der Waals surface area contributed by atoms with E-state index in [-0.39, 0.29) is 29.4 Å². The average Bonchev–Trinajstić information content (AvgIpc) is 3.19. The lowest BCUT2D eigenvalue weighted by Gasteiger charge is -2.12. The lowest BCUT2D eigenvalue weighted by Crippen LogP contribution is -2.24. The highest BCUT2D eigenvalue weighted by Gasteiger charge is 2.38. The Balaban J connectivity index is 1.80. The number of amides is 2. The molecule has 0 saturated heterocycles. The molecule has 0 spiro atoms. The van der Waals surface area contributed by atoms with Crippen LogP contribution in [0.25, 0.3) is 0 Å². The fourth-order valence-electron chi connectivity index (χ4n) is 2.91. The van der Waals surface area contributed by atoms with Crippen LogP contribution in [0.15, 0.2) is 54.7 Å². The van der Waals surface area contributed by atoms with E-state index in [4.69, 9.17) is 11.6 Å². The molecule has 0 atom stereocenters. The normalized spacial score (nSPS) is 11.3. The van der Waals surface area contributed by atoms with Crippen LogP contribution in [0, 0.1) is 0 Å². The second-order valence-corrected chi connectivity index (χ2v) is 6.94. The molecule has 0 bridgehead atoms. The zero-order valence-corrected chi connectivity index (χ0v) is 17.1. The van der Waals surface area contributed by atoms with Crippen LogP contribution in [0.3, 0.4) is 0 Å². The zero-order chi connectivity index (χ0) is 22.6. The van der Waals surface area contributed by atoms with Crippen molar-refractivity contribution >= 4 is 29.1 Å². The number of hydrogen-bond acceptors (Lipinski definition) is 3. The number of anilines is 1. The van der Waals surface area contributed by atoms with Gasteiger partial charge in [0.05, 0.1) is 16.8 Å². The molecule has 0 unspecified atom stereocenters. The van der Waals surface area contributed by atoms with Crippen LogP contribution in [-0.2, 0) is 19.3 Å². The van der Waals surface area contributed by atoms with E-state index in [1.54, 1.807) is 6.92 Å². The van der Waals surface area contributed by atoms with Gasteiger partial charge in [-0.15, -0.1) is 0 Å². The monoisotopic (exact) mass is 450 g/mol. The van der Waals surface area contributed by atoms with Crippen LogP contribution in [-0.4, -0.2) is 21.6 Å². The van der Waals surface area contributed by atoms with Crippen molar-refractivity contribution in [1.29, 1.82) is 0 Å². The van der Waals surface area contributed by atoms with Gasteiger partial charge < -0.3 is 10.6 Å². The van der Waals surface area contributed by atoms with Crippen molar-refractivity contribution < 1.29 is 22.8 Å². The number of aryl methyl sites for hydroxylation is 1. The average molecular weight is 451 g/mol. The van der Waals surface area contributed by atoms with Gasteiger partial charge >= 0.3 is 6.18 Å². The fourth-order valence-corrected chi connectivity index (χ4v) is 3.12. The SMILES string of the molecule is CCn1ncc(C(F)(F)F)c1C(=O)Nc1ccc(Cl)c(C(=O)NCc2ccccc2)c1. The molecular formula is C21H18ClF3N4O2. The number of hydrogen-bond donors (Lipinski definition) is 2. The van der Waals surface area contributed by atoms with E-state index in [1.807, 2.05) is 30.3 Å². The third kappa shape index (κ3) is 5.24. The molecule has 2 amide bonds. The predicted molar refractivity (Wildman–Crippen MR) is 110 cm³/mol. The Hall–Kier alpha value is -3.33. The molecular weight excluding hydrogens is 433 g/mol. The molecule has 2 aromatic carbocycles. The Morgan fingerprint density at radius 2 is 1.81 bits per heavy atom. The maximum atomic E-state index is 13.2. The molecule has 1 aromatic heterocycles. The van der Waals surface area contributed by atoms with Gasteiger partial charge in [-0.05, 0) is 30.7 Å². The van der Waals surface area contributed by atoms with Crippen molar-refractivity contribution in [3.8, 4) is 0 Å². The molecule has 10 heteroatoms. The Morgan fingerprint density at radius 3 is 2.45 bits per heavy atom. The second-order valence-electron chi connectivity index (χ2n) is 6.54. The van der Waals surface area contributed by atoms with Gasteiger partial charge in [-0.2, -0.15) is 18.3 Å². The number of carbonyl (C=O) groups excluding carboxylic acids is 2. The first-order valence-corrected chi connectivity index (χ1v) is 9.64. The first-order valence-electron chi connectivity index (χ1n) is 9.26. The molecule has 1 heterocycles. The molecule has 2 N–H and O–H groups in total. The number of benzene rings is 2. The fraction of sp³-hybridized carbons (Fsp3) is 0.190. The van der Waals surface area contributed by atoms with Crippen molar-refractivity contribution in [3.63, 3.8) is 0 Å². The van der Waals surface area contributed by atoms with Crippen molar-refractivity contribution in [2.75, 3.05) is 5.32 Å². The van der Waals surface area contributed by atoms with Crippen molar-refractivity contribution in [3.05, 3.63) is 82.1 Å². The van der Waals surface area contributed by atoms with Crippen molar-refractivity contribution in [1.82, 2.24) is 15.1 Å². The molecule has 162 valence electrons. The molecule has 0 aliphatic heterocycles. The Labute approximate surface area is 181 Å². The van der Waals surface area contributed by atoms with Crippen LogP contribution in [0.4, 0.5) is 18.9 Å². The maximum absolute atomic E-state index is 13.2. The summed E-state index contributed by atoms with van der Waals surface area (Å²) in [5.41, 5.74) is -0.669. The summed E-state index contributed by atoms with van der Waals surface area (Å²) in [5.74, 6) is -1.48. The summed E-state index contributed by atoms with van der Waals surface area (Å²) in [7, 11) is 0. The Kier molecular flexibility index (Phi) is 6.65. The lowest BCUT2D eigenvalue weighted by atomic mass is 10.1. The van der Waals surface area contributed by atoms with Crippen molar-refractivity contribution in [2.24, 2.45) is 0 Å². The van der Waals surface area contributed by atoms with E-state index < -0.39 is 29.2 Å². The lowest BCUT2D eigenvalue weighted by molar-refractivity contribution is -0.138. The van der Waals surface area contributed by atoms with Crippen molar-refractivity contribution in [2.45, 2.75) is 26.2 Å². The molecule has 31 heavy (non-hydrogen) atoms. The molecule has 6 nitrogen and oxygen atoms in total. The van der Waals surface area contributed by atoms with Gasteiger partial charge in [-0.25, -0.2) is 0 Å². The van der Waals surface area contributed by atoms with Gasteiger partial charge in [0.2, 0.25) is 0 Å². The van der Waals surface area contributed by atoms with Crippen LogP contribution >= 0.6 is 11.6 Å². The van der Waals surface area contributed by atoms with Gasteiger partial charge in [0.25, 0.3) is 11.8 Å². The first-order chi connectivity index (χ1) is 14.7. The molecule has 3 rings (SSSR count). The quantitative estimate of drug-likeness (QED) is 0.568. The highest BCUT2D eigenvalue weighted by molar-refractivity contribution is 6.34. The van der Waals surface area contributed by atoms with Gasteiger partial charge in [0, 0.05) is 18.8 Å². The first kappa shape index (κ1) is 22.4. The third-order valence-electron chi connectivity index (χ3n) is 4.42. The standard InChI is InChI=1S/C21H18ClF3N4O2/c1-2-29-18(16(12-27-29)21(23,24)25)20(31)28-14-8-9-17(22)15(10-14)19(30)26-11-13-6-4-3-5-7-13/h3-10,12H,2,11H2,1H3,(H,26,30)(H,28,31). The summed E-state index contributed by atoms with van der Waals surface area (Å²) >= 11 is 6.11. The molecule has 0 aliphatic carbocycles. The largest absolute Gasteiger partial charge is 0.420 e. The minimum absolute atomic E-state index is 0.0760. The molecule has 0 saturated carbocycles. The number of alkyl halides is 3. The van der Waals surface area contributed by atoms with E-state index in [2.05, 4.69) is 15.7 Å². The highest BCUT2D eigenvalue weighted by Crippen LogP contribution is 2.32. The number of rotatable bonds is 6. The topological polar surface area (TPSA) is 76.0 Å². The van der Waals surface area contributed by atoms with Crippen LogP contribution in [0.2, 0.25) is 5.02 Å². The van der Waals surface area contributed by atoms with Gasteiger partial charge in [0.15, 0.2) is 0 Å². The smallest absolute Gasteiger partial charge is 0.348 e. The number of aromatic nitrogens is 2. The van der Waals surface area contributed by atoms with E-state index in [1.165, 1.54) is 18.2 Å². The molecule has 0 aliphatic rings. The van der Waals surface area contributed by atoms with Crippen LogP contribution in [0.5, 0.6) is 0 Å². The summed E-state index contributed by atoms with van der Waals surface area (Å²) in [6.45, 7) is 1.91. The minimum Gasteiger partial charge on any atom is -0.348 e. The summed E-state index contributed by atoms with van der Waals surface area (Å²) in [4.78, 5) is 25.1. The van der Waals surface area contributed by atoms with Gasteiger partial charge in [0.1, 0.15) is 11.3 Å². The summed E-state index contributed by atoms with van der Waals surface area (Å²) in [5, 5.41) is 8.87. The third-order valence-corrected chi connectivity index (χ3v) is 4.75. The highest BCUT2D eigenvalue weighted by atomic mass is 35.5.